The molecule has 0 bridgehead atoms. The van der Waals surface area contributed by atoms with Crippen LogP contribution in [0.3, 0.4) is 0 Å². The van der Waals surface area contributed by atoms with Crippen molar-refractivity contribution in [2.75, 3.05) is 13.1 Å². The number of carbonyl (C=O) groups excluding carboxylic acids is 1. The summed E-state index contributed by atoms with van der Waals surface area (Å²) in [7, 11) is 0. The molecular formula is C23H30N2OS. The number of nitrogens with one attached hydrogen (secondary N) is 1. The third-order valence-corrected chi connectivity index (χ3v) is 7.12. The molecule has 1 saturated heterocycles. The molecule has 144 valence electrons. The fourth-order valence-corrected chi connectivity index (χ4v) is 5.80. The van der Waals surface area contributed by atoms with Gasteiger partial charge < -0.3 is 5.32 Å². The average Bonchev–Trinajstić information content (AvgIpc) is 3.24. The molecule has 2 aliphatic rings. The van der Waals surface area contributed by atoms with Crippen LogP contribution >= 0.6 is 11.3 Å². The molecule has 0 radical (unpaired) electrons. The van der Waals surface area contributed by atoms with Gasteiger partial charge in [-0.3, -0.25) is 9.69 Å². The van der Waals surface area contributed by atoms with E-state index in [9.17, 15) is 4.79 Å². The van der Waals surface area contributed by atoms with Crippen molar-refractivity contribution in [3.8, 4) is 0 Å². The number of thiophene rings is 1. The van der Waals surface area contributed by atoms with Crippen LogP contribution in [0.1, 0.15) is 61.5 Å². The molecule has 1 aliphatic carbocycles. The first kappa shape index (κ1) is 18.7. The van der Waals surface area contributed by atoms with Crippen LogP contribution in [0.5, 0.6) is 0 Å². The van der Waals surface area contributed by atoms with E-state index >= 15 is 0 Å². The maximum atomic E-state index is 12.4. The Morgan fingerprint density at radius 3 is 2.70 bits per heavy atom. The van der Waals surface area contributed by atoms with Crippen LogP contribution in [0.4, 0.5) is 0 Å². The van der Waals surface area contributed by atoms with Crippen LogP contribution in [0.2, 0.25) is 0 Å². The minimum absolute atomic E-state index is 0.192. The van der Waals surface area contributed by atoms with E-state index in [1.165, 1.54) is 28.8 Å². The van der Waals surface area contributed by atoms with Crippen molar-refractivity contribution < 1.29 is 4.79 Å². The second-order valence-electron chi connectivity index (χ2n) is 8.55. The summed E-state index contributed by atoms with van der Waals surface area (Å²) in [4.78, 5) is 16.5. The Bertz CT molecular complexity index is 775. The summed E-state index contributed by atoms with van der Waals surface area (Å²) in [5, 5.41) is 5.25. The van der Waals surface area contributed by atoms with Crippen LogP contribution < -0.4 is 5.32 Å². The maximum Gasteiger partial charge on any atom is 0.220 e. The van der Waals surface area contributed by atoms with Gasteiger partial charge in [-0.1, -0.05) is 30.3 Å². The summed E-state index contributed by atoms with van der Waals surface area (Å²) in [6.45, 7) is 7.44. The van der Waals surface area contributed by atoms with E-state index in [2.05, 4.69) is 52.0 Å². The highest BCUT2D eigenvalue weighted by Gasteiger charge is 2.45. The van der Waals surface area contributed by atoms with Gasteiger partial charge in [0.05, 0.1) is 0 Å². The van der Waals surface area contributed by atoms with Gasteiger partial charge in [0.15, 0.2) is 0 Å². The average molecular weight is 383 g/mol. The second-order valence-corrected chi connectivity index (χ2v) is 9.58. The summed E-state index contributed by atoms with van der Waals surface area (Å²) < 4.78 is 0. The number of carbonyl (C=O) groups is 1. The molecule has 2 aromatic rings. The van der Waals surface area contributed by atoms with Gasteiger partial charge >= 0.3 is 0 Å². The molecule has 3 nitrogen and oxygen atoms in total. The Morgan fingerprint density at radius 2 is 2.00 bits per heavy atom. The molecule has 1 fully saturated rings. The smallest absolute Gasteiger partial charge is 0.220 e. The molecule has 2 heterocycles. The topological polar surface area (TPSA) is 32.3 Å². The summed E-state index contributed by atoms with van der Waals surface area (Å²) in [5.74, 6) is 0.556. The predicted octanol–water partition coefficient (Wildman–Crippen LogP) is 4.68. The lowest BCUT2D eigenvalue weighted by molar-refractivity contribution is -0.122. The van der Waals surface area contributed by atoms with Gasteiger partial charge in [-0.15, -0.1) is 11.3 Å². The lowest BCUT2D eigenvalue weighted by Crippen LogP contribution is -2.41. The summed E-state index contributed by atoms with van der Waals surface area (Å²) >= 11 is 1.85. The Balaban J connectivity index is 1.46. The maximum absolute atomic E-state index is 12.4. The van der Waals surface area contributed by atoms with Crippen LogP contribution in [0.15, 0.2) is 41.8 Å². The van der Waals surface area contributed by atoms with Crippen molar-refractivity contribution in [1.82, 2.24) is 10.2 Å². The fraction of sp³-hybridized carbons (Fsp3) is 0.522. The summed E-state index contributed by atoms with van der Waals surface area (Å²) in [5.41, 5.74) is 3.21. The SMILES string of the molecule is CC(C)NC(=O)C[C@@H]1CC2(CCN(Cc3cccs3)CC2)c2ccccc21. The monoisotopic (exact) mass is 382 g/mol. The Morgan fingerprint density at radius 1 is 1.22 bits per heavy atom. The number of piperidine rings is 1. The van der Waals surface area contributed by atoms with E-state index in [0.717, 1.165) is 26.1 Å². The first-order chi connectivity index (χ1) is 13.1. The van der Waals surface area contributed by atoms with Crippen molar-refractivity contribution in [2.45, 2.75) is 63.5 Å². The Labute approximate surface area is 166 Å². The molecular weight excluding hydrogens is 352 g/mol. The van der Waals surface area contributed by atoms with Crippen LogP contribution in [-0.2, 0) is 16.8 Å². The molecule has 1 amide bonds. The van der Waals surface area contributed by atoms with E-state index in [-0.39, 0.29) is 17.4 Å². The highest BCUT2D eigenvalue weighted by Crippen LogP contribution is 2.52. The summed E-state index contributed by atoms with van der Waals surface area (Å²) in [6.07, 6.45) is 4.16. The van der Waals surface area contributed by atoms with Gasteiger partial charge in [-0.05, 0) is 80.1 Å². The number of hydrogen-bond acceptors (Lipinski definition) is 3. The van der Waals surface area contributed by atoms with Gasteiger partial charge in [0.2, 0.25) is 5.91 Å². The Kier molecular flexibility index (Phi) is 5.38. The lowest BCUT2D eigenvalue weighted by atomic mass is 9.73. The quantitative estimate of drug-likeness (QED) is 0.814. The van der Waals surface area contributed by atoms with Crippen molar-refractivity contribution in [3.05, 3.63) is 57.8 Å². The van der Waals surface area contributed by atoms with Crippen LogP contribution in [-0.4, -0.2) is 29.9 Å². The van der Waals surface area contributed by atoms with Crippen molar-refractivity contribution in [3.63, 3.8) is 0 Å². The zero-order valence-electron chi connectivity index (χ0n) is 16.4. The molecule has 0 unspecified atom stereocenters. The molecule has 1 aliphatic heterocycles. The van der Waals surface area contributed by atoms with Gasteiger partial charge in [0.25, 0.3) is 0 Å². The number of likely N-dealkylation sites (tertiary alicyclic amines) is 1. The number of rotatable bonds is 5. The van der Waals surface area contributed by atoms with Crippen LogP contribution in [0.25, 0.3) is 0 Å². The molecule has 27 heavy (non-hydrogen) atoms. The number of fused-ring (bicyclic) bond motifs is 2. The van der Waals surface area contributed by atoms with Gasteiger partial charge in [-0.2, -0.15) is 0 Å². The molecule has 4 heteroatoms. The predicted molar refractivity (Wildman–Crippen MR) is 112 cm³/mol. The second kappa shape index (κ2) is 7.76. The molecule has 0 saturated carbocycles. The van der Waals surface area contributed by atoms with E-state index in [1.807, 2.05) is 25.2 Å². The van der Waals surface area contributed by atoms with Gasteiger partial charge in [0, 0.05) is 23.9 Å². The number of benzene rings is 1. The molecule has 1 atom stereocenters. The van der Waals surface area contributed by atoms with E-state index < -0.39 is 0 Å². The minimum atomic E-state index is 0.192. The highest BCUT2D eigenvalue weighted by atomic mass is 32.1. The highest BCUT2D eigenvalue weighted by molar-refractivity contribution is 7.09. The number of nitrogens with zero attached hydrogens (tertiary/aromatic N) is 1. The molecule has 1 N–H and O–H groups in total. The molecule has 1 aromatic heterocycles. The van der Waals surface area contributed by atoms with Crippen molar-refractivity contribution >= 4 is 17.2 Å². The van der Waals surface area contributed by atoms with Crippen molar-refractivity contribution in [1.29, 1.82) is 0 Å². The van der Waals surface area contributed by atoms with Gasteiger partial charge in [0.1, 0.15) is 0 Å². The zero-order chi connectivity index (χ0) is 18.9. The Hall–Kier alpha value is -1.65. The first-order valence-electron chi connectivity index (χ1n) is 10.2. The number of hydrogen-bond donors (Lipinski definition) is 1. The zero-order valence-corrected chi connectivity index (χ0v) is 17.2. The van der Waals surface area contributed by atoms with E-state index in [4.69, 9.17) is 0 Å². The largest absolute Gasteiger partial charge is 0.354 e. The lowest BCUT2D eigenvalue weighted by Gasteiger charge is -2.40. The van der Waals surface area contributed by atoms with E-state index in [1.54, 1.807) is 0 Å². The number of amides is 1. The standard InChI is InChI=1S/C23H30N2OS/c1-17(2)24-22(26)14-18-15-23(21-8-4-3-7-20(18)21)9-11-25(12-10-23)16-19-6-5-13-27-19/h3-8,13,17-18H,9-12,14-16H2,1-2H3,(H,24,26)/t18-/m1/s1. The fourth-order valence-electron chi connectivity index (χ4n) is 5.05. The molecule has 1 aromatic carbocycles. The third kappa shape index (κ3) is 3.97. The van der Waals surface area contributed by atoms with E-state index in [0.29, 0.717) is 12.3 Å². The van der Waals surface area contributed by atoms with Gasteiger partial charge in [-0.25, -0.2) is 0 Å². The van der Waals surface area contributed by atoms with Crippen molar-refractivity contribution in [2.24, 2.45) is 0 Å². The van der Waals surface area contributed by atoms with Crippen LogP contribution in [0, 0.1) is 0 Å². The molecule has 1 spiro atoms. The first-order valence-corrected chi connectivity index (χ1v) is 11.1. The third-order valence-electron chi connectivity index (χ3n) is 6.26. The molecule has 4 rings (SSSR count). The minimum Gasteiger partial charge on any atom is -0.354 e. The normalized spacial score (nSPS) is 21.5. The summed E-state index contributed by atoms with van der Waals surface area (Å²) in [6, 6.07) is 13.5.